The second-order valence-corrected chi connectivity index (χ2v) is 8.90. The second-order valence-electron chi connectivity index (χ2n) is 6.99. The van der Waals surface area contributed by atoms with Crippen molar-refractivity contribution in [3.8, 4) is 5.75 Å². The summed E-state index contributed by atoms with van der Waals surface area (Å²) in [4.78, 5) is 25.3. The molecule has 160 valence electrons. The Bertz CT molecular complexity index is 1040. The summed E-state index contributed by atoms with van der Waals surface area (Å²) in [6.45, 7) is 2.59. The molecule has 0 radical (unpaired) electrons. The van der Waals surface area contributed by atoms with Crippen LogP contribution in [0.2, 0.25) is 0 Å². The molecule has 2 aromatic carbocycles. The maximum absolute atomic E-state index is 12.9. The zero-order valence-electron chi connectivity index (χ0n) is 16.9. The van der Waals surface area contributed by atoms with Gasteiger partial charge in [0.25, 0.3) is 11.8 Å². The third-order valence-electron chi connectivity index (χ3n) is 4.66. The Kier molecular flexibility index (Phi) is 6.61. The first-order valence-electron chi connectivity index (χ1n) is 9.72. The van der Waals surface area contributed by atoms with Gasteiger partial charge in [-0.05, 0) is 30.7 Å². The molecule has 1 aliphatic heterocycles. The number of benzene rings is 2. The maximum Gasteiger partial charge on any atom is 0.265 e. The van der Waals surface area contributed by atoms with E-state index < -0.39 is 22.0 Å². The number of para-hydroxylation sites is 3. The molecule has 0 spiro atoms. The minimum Gasteiger partial charge on any atom is -0.478 e. The number of nitrogens with zero attached hydrogens (tertiary/aromatic N) is 1. The number of carbonyl (C=O) groups excluding carboxylic acids is 2. The van der Waals surface area contributed by atoms with Gasteiger partial charge in [-0.15, -0.1) is 0 Å². The van der Waals surface area contributed by atoms with Crippen LogP contribution in [0.5, 0.6) is 5.75 Å². The zero-order valence-corrected chi connectivity index (χ0v) is 17.7. The van der Waals surface area contributed by atoms with Crippen LogP contribution in [-0.2, 0) is 14.8 Å². The first kappa shape index (κ1) is 21.6. The summed E-state index contributed by atoms with van der Waals surface area (Å²) in [5.41, 5.74) is 1.12. The van der Waals surface area contributed by atoms with E-state index in [4.69, 9.17) is 4.74 Å². The molecule has 0 saturated heterocycles. The SMILES string of the molecule is CCCNC(=O)c1ccccc1NC(=O)[C@@H]1CCN(S(C)(=O)=O)c2ccccc2O1. The molecule has 2 amide bonds. The van der Waals surface area contributed by atoms with Crippen molar-refractivity contribution < 1.29 is 22.7 Å². The summed E-state index contributed by atoms with van der Waals surface area (Å²) in [6.07, 6.45) is 1.17. The number of amides is 2. The molecule has 0 aromatic heterocycles. The molecule has 0 fully saturated rings. The highest BCUT2D eigenvalue weighted by atomic mass is 32.2. The number of nitrogens with one attached hydrogen (secondary N) is 2. The lowest BCUT2D eigenvalue weighted by Crippen LogP contribution is -2.36. The zero-order chi connectivity index (χ0) is 21.7. The summed E-state index contributed by atoms with van der Waals surface area (Å²) >= 11 is 0. The quantitative estimate of drug-likeness (QED) is 0.731. The number of carbonyl (C=O) groups is 2. The number of fused-ring (bicyclic) bond motifs is 1. The molecule has 1 aliphatic rings. The lowest BCUT2D eigenvalue weighted by atomic mass is 10.1. The minimum absolute atomic E-state index is 0.104. The molecule has 30 heavy (non-hydrogen) atoms. The van der Waals surface area contributed by atoms with Crippen molar-refractivity contribution in [1.82, 2.24) is 5.32 Å². The van der Waals surface area contributed by atoms with Crippen LogP contribution in [0.25, 0.3) is 0 Å². The van der Waals surface area contributed by atoms with Crippen molar-refractivity contribution in [1.29, 1.82) is 0 Å². The smallest absolute Gasteiger partial charge is 0.265 e. The third kappa shape index (κ3) is 4.91. The van der Waals surface area contributed by atoms with E-state index in [9.17, 15) is 18.0 Å². The van der Waals surface area contributed by atoms with Crippen LogP contribution in [-0.4, -0.2) is 45.7 Å². The normalized spacial score (nSPS) is 16.1. The van der Waals surface area contributed by atoms with E-state index >= 15 is 0 Å². The van der Waals surface area contributed by atoms with E-state index in [0.29, 0.717) is 29.2 Å². The molecule has 9 heteroatoms. The predicted octanol–water partition coefficient (Wildman–Crippen LogP) is 2.38. The summed E-state index contributed by atoms with van der Waals surface area (Å²) in [5.74, 6) is -0.409. The average molecular weight is 432 g/mol. The lowest BCUT2D eigenvalue weighted by Gasteiger charge is -2.20. The number of hydrogen-bond donors (Lipinski definition) is 2. The largest absolute Gasteiger partial charge is 0.478 e. The highest BCUT2D eigenvalue weighted by Crippen LogP contribution is 2.34. The van der Waals surface area contributed by atoms with Gasteiger partial charge in [0.15, 0.2) is 6.10 Å². The number of anilines is 2. The van der Waals surface area contributed by atoms with Crippen LogP contribution in [0.3, 0.4) is 0 Å². The van der Waals surface area contributed by atoms with E-state index in [0.717, 1.165) is 12.7 Å². The minimum atomic E-state index is -3.53. The summed E-state index contributed by atoms with van der Waals surface area (Å²) in [7, 11) is -3.53. The van der Waals surface area contributed by atoms with Crippen LogP contribution < -0.4 is 19.7 Å². The molecule has 0 saturated carbocycles. The fraction of sp³-hybridized carbons (Fsp3) is 0.333. The Hall–Kier alpha value is -3.07. The number of ether oxygens (including phenoxy) is 1. The molecule has 0 unspecified atom stereocenters. The van der Waals surface area contributed by atoms with Crippen LogP contribution >= 0.6 is 0 Å². The number of sulfonamides is 1. The van der Waals surface area contributed by atoms with Gasteiger partial charge in [0.1, 0.15) is 5.75 Å². The highest BCUT2D eigenvalue weighted by molar-refractivity contribution is 7.92. The van der Waals surface area contributed by atoms with E-state index in [-0.39, 0.29) is 18.9 Å². The van der Waals surface area contributed by atoms with Gasteiger partial charge in [0.2, 0.25) is 10.0 Å². The second kappa shape index (κ2) is 9.17. The van der Waals surface area contributed by atoms with Crippen molar-refractivity contribution in [3.63, 3.8) is 0 Å². The van der Waals surface area contributed by atoms with Gasteiger partial charge in [-0.2, -0.15) is 0 Å². The Morgan fingerprint density at radius 2 is 1.83 bits per heavy atom. The molecule has 2 aromatic rings. The van der Waals surface area contributed by atoms with Gasteiger partial charge in [-0.25, -0.2) is 8.42 Å². The van der Waals surface area contributed by atoms with Gasteiger partial charge < -0.3 is 15.4 Å². The van der Waals surface area contributed by atoms with Gasteiger partial charge in [0.05, 0.1) is 23.2 Å². The molecule has 3 rings (SSSR count). The van der Waals surface area contributed by atoms with Crippen molar-refractivity contribution in [2.45, 2.75) is 25.9 Å². The first-order valence-corrected chi connectivity index (χ1v) is 11.6. The van der Waals surface area contributed by atoms with Gasteiger partial charge in [-0.1, -0.05) is 31.2 Å². The third-order valence-corrected chi connectivity index (χ3v) is 5.84. The molecule has 1 heterocycles. The van der Waals surface area contributed by atoms with E-state index in [1.165, 1.54) is 4.31 Å². The average Bonchev–Trinajstić information content (AvgIpc) is 2.92. The summed E-state index contributed by atoms with van der Waals surface area (Å²) in [5, 5.41) is 5.55. The lowest BCUT2D eigenvalue weighted by molar-refractivity contribution is -0.122. The van der Waals surface area contributed by atoms with Crippen molar-refractivity contribution in [3.05, 3.63) is 54.1 Å². The Labute approximate surface area is 176 Å². The van der Waals surface area contributed by atoms with Gasteiger partial charge >= 0.3 is 0 Å². The van der Waals surface area contributed by atoms with E-state index in [2.05, 4.69) is 10.6 Å². The van der Waals surface area contributed by atoms with Crippen LogP contribution in [0.15, 0.2) is 48.5 Å². The van der Waals surface area contributed by atoms with E-state index in [1.54, 1.807) is 48.5 Å². The monoisotopic (exact) mass is 431 g/mol. The molecule has 1 atom stereocenters. The van der Waals surface area contributed by atoms with Crippen LogP contribution in [0, 0.1) is 0 Å². The number of hydrogen-bond acceptors (Lipinski definition) is 5. The predicted molar refractivity (Wildman–Crippen MR) is 115 cm³/mol. The summed E-state index contributed by atoms with van der Waals surface area (Å²) < 4.78 is 31.5. The Morgan fingerprint density at radius 1 is 1.13 bits per heavy atom. The topological polar surface area (TPSA) is 105 Å². The molecule has 8 nitrogen and oxygen atoms in total. The first-order chi connectivity index (χ1) is 14.3. The number of rotatable bonds is 6. The summed E-state index contributed by atoms with van der Waals surface area (Å²) in [6, 6.07) is 13.4. The van der Waals surface area contributed by atoms with Gasteiger partial charge in [-0.3, -0.25) is 13.9 Å². The maximum atomic E-state index is 12.9. The van der Waals surface area contributed by atoms with E-state index in [1.807, 2.05) is 6.92 Å². The molecule has 0 aliphatic carbocycles. The Balaban J connectivity index is 1.82. The van der Waals surface area contributed by atoms with Crippen molar-refractivity contribution in [2.75, 3.05) is 29.0 Å². The van der Waals surface area contributed by atoms with Crippen molar-refractivity contribution in [2.24, 2.45) is 0 Å². The van der Waals surface area contributed by atoms with Gasteiger partial charge in [0, 0.05) is 19.5 Å². The molecule has 0 bridgehead atoms. The fourth-order valence-corrected chi connectivity index (χ4v) is 4.14. The Morgan fingerprint density at radius 3 is 2.57 bits per heavy atom. The van der Waals surface area contributed by atoms with Crippen LogP contribution in [0.4, 0.5) is 11.4 Å². The molecule has 2 N–H and O–H groups in total. The molecular weight excluding hydrogens is 406 g/mol. The fourth-order valence-electron chi connectivity index (χ4n) is 3.20. The highest BCUT2D eigenvalue weighted by Gasteiger charge is 2.31. The molecular formula is C21H25N3O5S. The van der Waals surface area contributed by atoms with Crippen molar-refractivity contribution >= 4 is 33.2 Å². The van der Waals surface area contributed by atoms with Crippen LogP contribution in [0.1, 0.15) is 30.1 Å². The standard InChI is InChI=1S/C21H25N3O5S/c1-3-13-22-20(25)15-8-4-5-9-16(15)23-21(26)19-12-14-24(30(2,27)28)17-10-6-7-11-18(17)29-19/h4-11,19H,3,12-14H2,1-2H3,(H,22,25)(H,23,26)/t19-/m0/s1.